The van der Waals surface area contributed by atoms with Crippen molar-refractivity contribution in [3.8, 4) is 0 Å². The van der Waals surface area contributed by atoms with Gasteiger partial charge in [0.05, 0.1) is 0 Å². The first-order chi connectivity index (χ1) is 8.16. The van der Waals surface area contributed by atoms with Crippen LogP contribution >= 0.6 is 12.4 Å². The van der Waals surface area contributed by atoms with E-state index in [1.807, 2.05) is 20.0 Å². The first kappa shape index (κ1) is 15.0. The van der Waals surface area contributed by atoms with E-state index in [9.17, 15) is 4.79 Å². The summed E-state index contributed by atoms with van der Waals surface area (Å²) >= 11 is 0. The van der Waals surface area contributed by atoms with E-state index in [-0.39, 0.29) is 18.3 Å². The van der Waals surface area contributed by atoms with E-state index in [1.165, 1.54) is 12.8 Å². The second-order valence-electron chi connectivity index (χ2n) is 4.72. The van der Waals surface area contributed by atoms with Gasteiger partial charge >= 0.3 is 0 Å². The predicted molar refractivity (Wildman–Crippen MR) is 73.1 cm³/mol. The standard InChI is InChI=1S/C12H20N4O.ClH/c1-9-6-11(15-16(9)2)12(17)14-8-10-4-3-5-13-7-10;/h6,10,13H,3-5,7-8H2,1-2H3,(H,14,17);1H. The maximum absolute atomic E-state index is 11.8. The SMILES string of the molecule is Cc1cc(C(=O)NCC2CCCNC2)nn1C.Cl. The van der Waals surface area contributed by atoms with Gasteiger partial charge < -0.3 is 10.6 Å². The fraction of sp³-hybridized carbons (Fsp3) is 0.667. The lowest BCUT2D eigenvalue weighted by Crippen LogP contribution is -2.38. The van der Waals surface area contributed by atoms with Gasteiger partial charge in [0, 0.05) is 19.3 Å². The molecule has 6 heteroatoms. The summed E-state index contributed by atoms with van der Waals surface area (Å²) in [6, 6.07) is 1.81. The van der Waals surface area contributed by atoms with Gasteiger partial charge in [-0.3, -0.25) is 9.48 Å². The van der Waals surface area contributed by atoms with Gasteiger partial charge in [-0.05, 0) is 44.8 Å². The number of aromatic nitrogens is 2. The zero-order chi connectivity index (χ0) is 12.3. The molecule has 5 nitrogen and oxygen atoms in total. The summed E-state index contributed by atoms with van der Waals surface area (Å²) in [6.07, 6.45) is 2.39. The number of amides is 1. The fourth-order valence-electron chi connectivity index (χ4n) is 2.10. The molecule has 0 radical (unpaired) electrons. The van der Waals surface area contributed by atoms with Crippen LogP contribution in [0.1, 0.15) is 29.0 Å². The molecular formula is C12H21ClN4O. The van der Waals surface area contributed by atoms with Gasteiger partial charge in [-0.1, -0.05) is 0 Å². The molecule has 1 fully saturated rings. The highest BCUT2D eigenvalue weighted by Crippen LogP contribution is 2.08. The van der Waals surface area contributed by atoms with Crippen molar-refractivity contribution in [2.24, 2.45) is 13.0 Å². The molecule has 1 saturated heterocycles. The monoisotopic (exact) mass is 272 g/mol. The largest absolute Gasteiger partial charge is 0.350 e. The first-order valence-electron chi connectivity index (χ1n) is 6.16. The van der Waals surface area contributed by atoms with Crippen molar-refractivity contribution in [3.63, 3.8) is 0 Å². The van der Waals surface area contributed by atoms with E-state index >= 15 is 0 Å². The molecule has 0 saturated carbocycles. The van der Waals surface area contributed by atoms with Crippen molar-refractivity contribution in [2.45, 2.75) is 19.8 Å². The summed E-state index contributed by atoms with van der Waals surface area (Å²) in [7, 11) is 1.84. The van der Waals surface area contributed by atoms with E-state index in [0.29, 0.717) is 11.6 Å². The van der Waals surface area contributed by atoms with Crippen LogP contribution in [0.2, 0.25) is 0 Å². The molecule has 0 aromatic carbocycles. The molecule has 1 aliphatic heterocycles. The number of piperidine rings is 1. The molecule has 2 N–H and O–H groups in total. The van der Waals surface area contributed by atoms with Gasteiger partial charge in [0.2, 0.25) is 0 Å². The molecule has 1 aromatic rings. The molecule has 1 amide bonds. The van der Waals surface area contributed by atoms with Gasteiger partial charge in [-0.15, -0.1) is 12.4 Å². The number of aryl methyl sites for hydroxylation is 2. The van der Waals surface area contributed by atoms with Crippen molar-refractivity contribution in [2.75, 3.05) is 19.6 Å². The number of hydrogen-bond acceptors (Lipinski definition) is 3. The molecule has 0 spiro atoms. The van der Waals surface area contributed by atoms with Crippen LogP contribution in [0.3, 0.4) is 0 Å². The van der Waals surface area contributed by atoms with Gasteiger partial charge in [0.15, 0.2) is 0 Å². The highest BCUT2D eigenvalue weighted by atomic mass is 35.5. The van der Waals surface area contributed by atoms with Crippen molar-refractivity contribution in [3.05, 3.63) is 17.5 Å². The summed E-state index contributed by atoms with van der Waals surface area (Å²) in [6.45, 7) is 4.78. The lowest BCUT2D eigenvalue weighted by atomic mass is 10.00. The predicted octanol–water partition coefficient (Wildman–Crippen LogP) is 0.880. The molecule has 1 aromatic heterocycles. The zero-order valence-corrected chi connectivity index (χ0v) is 11.7. The molecule has 0 aliphatic carbocycles. The minimum absolute atomic E-state index is 0. The Bertz CT molecular complexity index is 379. The molecule has 18 heavy (non-hydrogen) atoms. The van der Waals surface area contributed by atoms with Crippen LogP contribution in [0.5, 0.6) is 0 Å². The number of halogens is 1. The quantitative estimate of drug-likeness (QED) is 0.859. The Balaban J connectivity index is 0.00000162. The summed E-state index contributed by atoms with van der Waals surface area (Å²) in [4.78, 5) is 11.8. The highest BCUT2D eigenvalue weighted by Gasteiger charge is 2.16. The molecule has 1 aliphatic rings. The van der Waals surface area contributed by atoms with Crippen LogP contribution in [-0.4, -0.2) is 35.3 Å². The van der Waals surface area contributed by atoms with Crippen LogP contribution < -0.4 is 10.6 Å². The smallest absolute Gasteiger partial charge is 0.271 e. The summed E-state index contributed by atoms with van der Waals surface area (Å²) < 4.78 is 1.72. The maximum atomic E-state index is 11.8. The Hall–Kier alpha value is -1.07. The second kappa shape index (κ2) is 6.75. The molecule has 1 atom stereocenters. The maximum Gasteiger partial charge on any atom is 0.271 e. The first-order valence-corrected chi connectivity index (χ1v) is 6.16. The minimum atomic E-state index is -0.0701. The third-order valence-electron chi connectivity index (χ3n) is 3.30. The van der Waals surface area contributed by atoms with E-state index < -0.39 is 0 Å². The molecule has 0 bridgehead atoms. The molecule has 2 rings (SSSR count). The van der Waals surface area contributed by atoms with Crippen LogP contribution in [0.15, 0.2) is 6.07 Å². The third kappa shape index (κ3) is 3.71. The number of hydrogen-bond donors (Lipinski definition) is 2. The zero-order valence-electron chi connectivity index (χ0n) is 10.9. The van der Waals surface area contributed by atoms with E-state index in [2.05, 4.69) is 15.7 Å². The Morgan fingerprint density at radius 2 is 2.44 bits per heavy atom. The average molecular weight is 273 g/mol. The van der Waals surface area contributed by atoms with Crippen molar-refractivity contribution < 1.29 is 4.79 Å². The number of rotatable bonds is 3. The molecule has 2 heterocycles. The topological polar surface area (TPSA) is 59.0 Å². The van der Waals surface area contributed by atoms with Crippen LogP contribution in [-0.2, 0) is 7.05 Å². The second-order valence-corrected chi connectivity index (χ2v) is 4.72. The number of nitrogens with zero attached hydrogens (tertiary/aromatic N) is 2. The number of nitrogens with one attached hydrogen (secondary N) is 2. The Morgan fingerprint density at radius 3 is 3.00 bits per heavy atom. The Morgan fingerprint density at radius 1 is 1.67 bits per heavy atom. The molecule has 102 valence electrons. The van der Waals surface area contributed by atoms with Gasteiger partial charge in [-0.25, -0.2) is 0 Å². The van der Waals surface area contributed by atoms with Crippen LogP contribution in [0.4, 0.5) is 0 Å². The van der Waals surface area contributed by atoms with Gasteiger partial charge in [0.25, 0.3) is 5.91 Å². The lowest BCUT2D eigenvalue weighted by molar-refractivity contribution is 0.0939. The lowest BCUT2D eigenvalue weighted by Gasteiger charge is -2.22. The normalized spacial score (nSPS) is 19.1. The van der Waals surface area contributed by atoms with E-state index in [4.69, 9.17) is 0 Å². The molecular weight excluding hydrogens is 252 g/mol. The van der Waals surface area contributed by atoms with Gasteiger partial charge in [-0.2, -0.15) is 5.10 Å². The number of carbonyl (C=O) groups is 1. The van der Waals surface area contributed by atoms with E-state index in [0.717, 1.165) is 25.3 Å². The summed E-state index contributed by atoms with van der Waals surface area (Å²) in [5, 5.41) is 10.5. The highest BCUT2D eigenvalue weighted by molar-refractivity contribution is 5.92. The minimum Gasteiger partial charge on any atom is -0.350 e. The fourth-order valence-corrected chi connectivity index (χ4v) is 2.10. The van der Waals surface area contributed by atoms with Crippen LogP contribution in [0.25, 0.3) is 0 Å². The molecule has 1 unspecified atom stereocenters. The Kier molecular flexibility index (Phi) is 5.62. The van der Waals surface area contributed by atoms with Crippen molar-refractivity contribution in [1.29, 1.82) is 0 Å². The third-order valence-corrected chi connectivity index (χ3v) is 3.30. The van der Waals surface area contributed by atoms with E-state index in [1.54, 1.807) is 4.68 Å². The van der Waals surface area contributed by atoms with Crippen LogP contribution in [0, 0.1) is 12.8 Å². The summed E-state index contributed by atoms with van der Waals surface area (Å²) in [5.74, 6) is 0.483. The van der Waals surface area contributed by atoms with Crippen molar-refractivity contribution in [1.82, 2.24) is 20.4 Å². The van der Waals surface area contributed by atoms with Gasteiger partial charge in [0.1, 0.15) is 5.69 Å². The average Bonchev–Trinajstić information content (AvgIpc) is 2.68. The van der Waals surface area contributed by atoms with Crippen molar-refractivity contribution >= 4 is 18.3 Å². The Labute approximate surface area is 114 Å². The number of carbonyl (C=O) groups excluding carboxylic acids is 1. The summed E-state index contributed by atoms with van der Waals surface area (Å²) in [5.41, 5.74) is 1.50.